The lowest BCUT2D eigenvalue weighted by atomic mass is 10.3. The van der Waals surface area contributed by atoms with Crippen LogP contribution in [0.15, 0.2) is 0 Å². The molecule has 1 saturated heterocycles. The van der Waals surface area contributed by atoms with E-state index in [1.807, 2.05) is 0 Å². The minimum Gasteiger partial charge on any atom is -0.304 e. The number of nitrogens with zero attached hydrogens (tertiary/aromatic N) is 3. The van der Waals surface area contributed by atoms with Gasteiger partial charge >= 0.3 is 42.0 Å². The highest BCUT2D eigenvalue weighted by Gasteiger charge is 2.84. The summed E-state index contributed by atoms with van der Waals surface area (Å²) in [6, 6.07) is 0. The number of halogens is 9. The smallest absolute Gasteiger partial charge is 0.304 e. The molecule has 1 rings (SSSR count). The number of piperazine rings is 1. The van der Waals surface area contributed by atoms with E-state index in [1.165, 1.54) is 11.9 Å². The Morgan fingerprint density at radius 2 is 1.10 bits per heavy atom. The number of hydrogen-bond donors (Lipinski definition) is 1. The molecule has 22 heteroatoms. The summed E-state index contributed by atoms with van der Waals surface area (Å²) in [4.78, 5) is 1.31. The summed E-state index contributed by atoms with van der Waals surface area (Å²) in [6.45, 7) is -2.55. The van der Waals surface area contributed by atoms with Gasteiger partial charge in [0.25, 0.3) is 10.0 Å². The van der Waals surface area contributed by atoms with Crippen LogP contribution < -0.4 is 0 Å². The summed E-state index contributed by atoms with van der Waals surface area (Å²) < 4.78 is 185. The van der Waals surface area contributed by atoms with Crippen LogP contribution in [0.3, 0.4) is 0 Å². The first-order valence-corrected chi connectivity index (χ1v) is 11.6. The van der Waals surface area contributed by atoms with Crippen LogP contribution in [0.4, 0.5) is 39.5 Å². The number of alkyl halides is 9. The van der Waals surface area contributed by atoms with E-state index in [-0.39, 0.29) is 13.1 Å². The van der Waals surface area contributed by atoms with Crippen molar-refractivity contribution in [1.29, 1.82) is 0 Å². The molecule has 1 aliphatic heterocycles. The van der Waals surface area contributed by atoms with Gasteiger partial charge in [0.2, 0.25) is 0 Å². The van der Waals surface area contributed by atoms with E-state index in [4.69, 9.17) is 5.21 Å². The third kappa shape index (κ3) is 4.10. The average molecular weight is 541 g/mol. The van der Waals surface area contributed by atoms with Crippen LogP contribution in [-0.4, -0.2) is 98.7 Å². The Hall–Kier alpha value is -0.940. The fraction of sp³-hybridized carbons (Fsp3) is 1.00. The Labute approximate surface area is 168 Å². The van der Waals surface area contributed by atoms with Crippen LogP contribution >= 0.6 is 0 Å². The molecule has 0 unspecified atom stereocenters. The maximum Gasteiger partial charge on any atom is 0.514 e. The molecule has 0 aliphatic carbocycles. The Balaban J connectivity index is 3.55. The topological polar surface area (TPSA) is 132 Å². The minimum atomic E-state index is -8.19. The molecule has 0 saturated carbocycles. The number of likely N-dealkylation sites (N-methyl/N-ethyl adjacent to an activating group) is 1. The summed E-state index contributed by atoms with van der Waals surface area (Å²) in [5, 5.41) is -5.94. The molecular weight excluding hydrogens is 529 g/mol. The summed E-state index contributed by atoms with van der Waals surface area (Å²) in [5.41, 5.74) is -6.85. The molecule has 186 valence electrons. The standard InChI is InChI=1S/C9H12F9N3O7S3/c1-19-2-4-20(5-3-19)29(23,24)7(12,13)6(10,11)8(14,15)30(25,26)21(22)31(27,28)9(16,17)18/h22H,2-5H2,1H3. The van der Waals surface area contributed by atoms with Gasteiger partial charge in [-0.15, -0.1) is 0 Å². The second-order valence-electron chi connectivity index (χ2n) is 5.95. The molecule has 0 radical (unpaired) electrons. The molecule has 0 aromatic heterocycles. The second-order valence-corrected chi connectivity index (χ2v) is 11.7. The molecule has 0 aromatic rings. The SMILES string of the molecule is CN1CCN(S(=O)(=O)C(F)(F)C(F)(F)C(F)(F)S(=O)(=O)N(O)S(=O)(=O)C(F)(F)F)CC1. The fourth-order valence-corrected chi connectivity index (χ4v) is 5.88. The highest BCUT2D eigenvalue weighted by molar-refractivity contribution is 8.04. The average Bonchev–Trinajstić information content (AvgIpc) is 2.59. The molecule has 1 N–H and O–H groups in total. The van der Waals surface area contributed by atoms with Crippen molar-refractivity contribution in [3.63, 3.8) is 0 Å². The van der Waals surface area contributed by atoms with E-state index in [0.29, 0.717) is 0 Å². The lowest BCUT2D eigenvalue weighted by Gasteiger charge is -2.37. The molecule has 31 heavy (non-hydrogen) atoms. The van der Waals surface area contributed by atoms with Gasteiger partial charge in [0.05, 0.1) is 0 Å². The molecule has 1 heterocycles. The van der Waals surface area contributed by atoms with Crippen LogP contribution in [0.5, 0.6) is 0 Å². The molecule has 0 amide bonds. The van der Waals surface area contributed by atoms with Gasteiger partial charge in [-0.25, -0.2) is 16.8 Å². The summed E-state index contributed by atoms with van der Waals surface area (Å²) >= 11 is 0. The van der Waals surface area contributed by atoms with Gasteiger partial charge in [-0.3, -0.25) is 5.21 Å². The molecule has 1 fully saturated rings. The lowest BCUT2D eigenvalue weighted by molar-refractivity contribution is -0.247. The van der Waals surface area contributed by atoms with Gasteiger partial charge in [0.1, 0.15) is 0 Å². The highest BCUT2D eigenvalue weighted by Crippen LogP contribution is 2.52. The van der Waals surface area contributed by atoms with Crippen molar-refractivity contribution in [2.45, 2.75) is 21.9 Å². The molecule has 0 aromatic carbocycles. The first-order valence-electron chi connectivity index (χ1n) is 7.27. The van der Waals surface area contributed by atoms with Gasteiger partial charge in [-0.05, 0) is 7.05 Å². The third-order valence-corrected chi connectivity index (χ3v) is 9.32. The van der Waals surface area contributed by atoms with E-state index >= 15 is 0 Å². The normalized spacial score (nSPS) is 19.7. The monoisotopic (exact) mass is 541 g/mol. The molecule has 0 bridgehead atoms. The van der Waals surface area contributed by atoms with E-state index in [0.717, 1.165) is 0 Å². The van der Waals surface area contributed by atoms with Gasteiger partial charge in [0.15, 0.2) is 0 Å². The van der Waals surface area contributed by atoms with Crippen LogP contribution in [0.2, 0.25) is 0 Å². The quantitative estimate of drug-likeness (QED) is 0.359. The summed E-state index contributed by atoms with van der Waals surface area (Å²) in [5.74, 6) is -7.55. The molecule has 10 nitrogen and oxygen atoms in total. The van der Waals surface area contributed by atoms with E-state index in [2.05, 4.69) is 0 Å². The van der Waals surface area contributed by atoms with Gasteiger partial charge in [-0.1, -0.05) is 0 Å². The Kier molecular flexibility index (Phi) is 7.10. The summed E-state index contributed by atoms with van der Waals surface area (Å²) in [7, 11) is -21.3. The third-order valence-electron chi connectivity index (χ3n) is 3.88. The summed E-state index contributed by atoms with van der Waals surface area (Å²) in [6.07, 6.45) is 0. The maximum atomic E-state index is 14.1. The number of sulfonamides is 3. The predicted molar refractivity (Wildman–Crippen MR) is 80.4 cm³/mol. The molecule has 0 atom stereocenters. The fourth-order valence-electron chi connectivity index (χ4n) is 2.00. The largest absolute Gasteiger partial charge is 0.514 e. The van der Waals surface area contributed by atoms with Crippen LogP contribution in [0.1, 0.15) is 0 Å². The predicted octanol–water partition coefficient (Wildman–Crippen LogP) is 0.255. The van der Waals surface area contributed by atoms with E-state index in [1.54, 1.807) is 0 Å². The number of rotatable bonds is 7. The first kappa shape index (κ1) is 28.1. The van der Waals surface area contributed by atoms with Crippen molar-refractivity contribution in [2.75, 3.05) is 33.2 Å². The van der Waals surface area contributed by atoms with Crippen molar-refractivity contribution in [1.82, 2.24) is 13.1 Å². The van der Waals surface area contributed by atoms with Crippen molar-refractivity contribution in [3.8, 4) is 0 Å². The van der Waals surface area contributed by atoms with Crippen LogP contribution in [0.25, 0.3) is 0 Å². The molecule has 0 spiro atoms. The van der Waals surface area contributed by atoms with E-state index in [9.17, 15) is 64.8 Å². The number of hydrogen-bond acceptors (Lipinski definition) is 8. The van der Waals surface area contributed by atoms with Gasteiger partial charge in [-0.2, -0.15) is 52.2 Å². The Bertz CT molecular complexity index is 1000. The maximum absolute atomic E-state index is 14.1. The highest BCUT2D eigenvalue weighted by atomic mass is 32.3. The van der Waals surface area contributed by atoms with Crippen molar-refractivity contribution in [2.24, 2.45) is 0 Å². The minimum absolute atomic E-state index is 0.343. The van der Waals surface area contributed by atoms with Crippen molar-refractivity contribution >= 4 is 30.1 Å². The van der Waals surface area contributed by atoms with Crippen molar-refractivity contribution in [3.05, 3.63) is 0 Å². The van der Waals surface area contributed by atoms with Gasteiger partial charge < -0.3 is 4.90 Å². The first-order chi connectivity index (χ1) is 13.4. The van der Waals surface area contributed by atoms with Crippen LogP contribution in [0, 0.1) is 0 Å². The zero-order chi connectivity index (χ0) is 25.1. The van der Waals surface area contributed by atoms with Gasteiger partial charge in [0, 0.05) is 30.1 Å². The van der Waals surface area contributed by atoms with Crippen LogP contribution in [-0.2, 0) is 30.1 Å². The Morgan fingerprint density at radius 1 is 0.710 bits per heavy atom. The Morgan fingerprint density at radius 3 is 1.45 bits per heavy atom. The second kappa shape index (κ2) is 7.83. The zero-order valence-electron chi connectivity index (χ0n) is 14.7. The molecule has 1 aliphatic rings. The lowest BCUT2D eigenvalue weighted by Crippen LogP contribution is -2.66. The van der Waals surface area contributed by atoms with Crippen molar-refractivity contribution < 1.29 is 70.0 Å². The van der Waals surface area contributed by atoms with E-state index < -0.39 is 73.3 Å². The molecular formula is C9H12F9N3O7S3. The zero-order valence-corrected chi connectivity index (χ0v) is 17.1.